The first-order chi connectivity index (χ1) is 15.8. The van der Waals surface area contributed by atoms with Gasteiger partial charge in [0.1, 0.15) is 11.3 Å². The Bertz CT molecular complexity index is 1540. The number of aromatic nitrogens is 1. The van der Waals surface area contributed by atoms with E-state index in [1.165, 1.54) is 52.6 Å². The van der Waals surface area contributed by atoms with Gasteiger partial charge in [0, 0.05) is 37.8 Å². The quantitative estimate of drug-likeness (QED) is 0.0949. The van der Waals surface area contributed by atoms with Gasteiger partial charge in [-0.05, 0) is 63.4 Å². The number of fused-ring (bicyclic) bond motifs is 4. The van der Waals surface area contributed by atoms with Crippen LogP contribution in [0.1, 0.15) is 30.7 Å². The molecule has 4 nitrogen and oxygen atoms in total. The number of hydrogen-bond donors (Lipinski definition) is 1. The molecule has 175 valence electrons. The van der Waals surface area contributed by atoms with Crippen LogP contribution in [0.2, 0.25) is 0 Å². The standard InChI is InChI=1S/C24H18NO.C5H8O2.Ir/c1-14-12-22-23(26-14)10-11-25-24(22)17-8-9-20-19-7-5-4-6-18(19)15(2)16(3)21(20)13-17;1-4(6)3-5(2)7;/h4-7,9-13H,1-3H3;3,6H,1-2H3;/q-1;;/b;4-3-;. The van der Waals surface area contributed by atoms with Gasteiger partial charge in [-0.15, -0.1) is 23.8 Å². The molecular formula is C29H26IrNO3-. The van der Waals surface area contributed by atoms with E-state index in [0.717, 1.165) is 28.0 Å². The summed E-state index contributed by atoms with van der Waals surface area (Å²) in [6, 6.07) is 20.3. The molecule has 5 aromatic rings. The van der Waals surface area contributed by atoms with Gasteiger partial charge in [-0.2, -0.15) is 0 Å². The first-order valence-electron chi connectivity index (χ1n) is 10.8. The third-order valence-electron chi connectivity index (χ3n) is 5.77. The van der Waals surface area contributed by atoms with Crippen molar-refractivity contribution in [2.45, 2.75) is 34.6 Å². The van der Waals surface area contributed by atoms with E-state index in [1.54, 1.807) is 6.20 Å². The number of pyridine rings is 1. The molecule has 5 rings (SSSR count). The Morgan fingerprint density at radius 3 is 2.26 bits per heavy atom. The second kappa shape index (κ2) is 10.3. The molecule has 0 spiro atoms. The summed E-state index contributed by atoms with van der Waals surface area (Å²) >= 11 is 0. The molecule has 0 aliphatic rings. The number of ketones is 1. The fourth-order valence-corrected chi connectivity index (χ4v) is 4.21. The van der Waals surface area contributed by atoms with Crippen molar-refractivity contribution in [1.29, 1.82) is 0 Å². The van der Waals surface area contributed by atoms with Crippen LogP contribution in [0, 0.1) is 26.8 Å². The van der Waals surface area contributed by atoms with E-state index < -0.39 is 0 Å². The molecule has 0 fully saturated rings. The van der Waals surface area contributed by atoms with E-state index in [-0.39, 0.29) is 31.6 Å². The number of allylic oxidation sites excluding steroid dienone is 2. The molecule has 3 aromatic carbocycles. The van der Waals surface area contributed by atoms with Crippen LogP contribution in [0.5, 0.6) is 0 Å². The normalized spacial score (nSPS) is 11.3. The molecule has 5 heteroatoms. The number of benzene rings is 3. The van der Waals surface area contributed by atoms with Crippen molar-refractivity contribution in [3.63, 3.8) is 0 Å². The predicted octanol–water partition coefficient (Wildman–Crippen LogP) is 7.56. The zero-order valence-corrected chi connectivity index (χ0v) is 22.2. The topological polar surface area (TPSA) is 63.3 Å². The van der Waals surface area contributed by atoms with Gasteiger partial charge < -0.3 is 14.5 Å². The first kappa shape index (κ1) is 25.4. The number of aliphatic hydroxyl groups is 1. The van der Waals surface area contributed by atoms with Crippen molar-refractivity contribution in [3.05, 3.63) is 89.5 Å². The van der Waals surface area contributed by atoms with Gasteiger partial charge in [0.05, 0.1) is 5.76 Å². The van der Waals surface area contributed by atoms with Crippen LogP contribution in [0.25, 0.3) is 43.8 Å². The average Bonchev–Trinajstić information content (AvgIpc) is 3.17. The van der Waals surface area contributed by atoms with Crippen molar-refractivity contribution in [2.75, 3.05) is 0 Å². The summed E-state index contributed by atoms with van der Waals surface area (Å²) in [5.74, 6) is 0.834. The molecule has 1 radical (unpaired) electrons. The van der Waals surface area contributed by atoms with E-state index in [9.17, 15) is 4.79 Å². The number of nitrogens with zero attached hydrogens (tertiary/aromatic N) is 1. The Labute approximate surface area is 212 Å². The number of hydrogen-bond acceptors (Lipinski definition) is 4. The maximum absolute atomic E-state index is 10.0. The molecule has 0 saturated heterocycles. The zero-order valence-electron chi connectivity index (χ0n) is 19.8. The molecule has 2 heterocycles. The minimum absolute atomic E-state index is 0. The van der Waals surface area contributed by atoms with Gasteiger partial charge in [-0.25, -0.2) is 0 Å². The fraction of sp³-hybridized carbons (Fsp3) is 0.172. The minimum atomic E-state index is -0.125. The van der Waals surface area contributed by atoms with Crippen molar-refractivity contribution in [2.24, 2.45) is 0 Å². The van der Waals surface area contributed by atoms with Crippen LogP contribution in [-0.2, 0) is 24.9 Å². The Kier molecular flexibility index (Phi) is 7.71. The number of carbonyl (C=O) groups is 1. The summed E-state index contributed by atoms with van der Waals surface area (Å²) in [6.07, 6.45) is 2.97. The number of rotatable bonds is 2. The molecule has 0 saturated carbocycles. The maximum Gasteiger partial charge on any atom is 0.155 e. The van der Waals surface area contributed by atoms with Gasteiger partial charge in [0.15, 0.2) is 5.78 Å². The summed E-state index contributed by atoms with van der Waals surface area (Å²) < 4.78 is 5.76. The molecule has 0 unspecified atom stereocenters. The van der Waals surface area contributed by atoms with Crippen LogP contribution in [0.15, 0.2) is 71.0 Å². The number of aliphatic hydroxyl groups excluding tert-OH is 1. The van der Waals surface area contributed by atoms with Gasteiger partial charge in [0.2, 0.25) is 0 Å². The first-order valence-corrected chi connectivity index (χ1v) is 10.8. The molecular weight excluding hydrogens is 603 g/mol. The molecule has 0 aliphatic carbocycles. The third-order valence-corrected chi connectivity index (χ3v) is 5.77. The second-order valence-electron chi connectivity index (χ2n) is 8.29. The Balaban J connectivity index is 0.000000357. The molecule has 0 aliphatic heterocycles. The summed E-state index contributed by atoms with van der Waals surface area (Å²) in [5, 5.41) is 14.5. The third kappa shape index (κ3) is 4.96. The molecule has 1 N–H and O–H groups in total. The van der Waals surface area contributed by atoms with E-state index in [0.29, 0.717) is 0 Å². The molecule has 2 aromatic heterocycles. The van der Waals surface area contributed by atoms with E-state index in [4.69, 9.17) is 9.52 Å². The smallest absolute Gasteiger partial charge is 0.155 e. The van der Waals surface area contributed by atoms with Gasteiger partial charge in [0.25, 0.3) is 0 Å². The van der Waals surface area contributed by atoms with Gasteiger partial charge in [-0.3, -0.25) is 4.79 Å². The molecule has 0 atom stereocenters. The molecule has 0 bridgehead atoms. The Morgan fingerprint density at radius 2 is 1.62 bits per heavy atom. The summed E-state index contributed by atoms with van der Waals surface area (Å²) in [5.41, 5.74) is 5.43. The van der Waals surface area contributed by atoms with Crippen molar-refractivity contribution in [3.8, 4) is 11.3 Å². The summed E-state index contributed by atoms with van der Waals surface area (Å²) in [4.78, 5) is 14.6. The molecule has 0 amide bonds. The van der Waals surface area contributed by atoms with Crippen LogP contribution in [0.4, 0.5) is 0 Å². The zero-order chi connectivity index (χ0) is 23.7. The van der Waals surface area contributed by atoms with Crippen molar-refractivity contribution >= 4 is 38.3 Å². The molecule has 34 heavy (non-hydrogen) atoms. The van der Waals surface area contributed by atoms with E-state index in [1.807, 2.05) is 19.1 Å². The maximum atomic E-state index is 10.0. The van der Waals surface area contributed by atoms with Gasteiger partial charge in [-0.1, -0.05) is 46.0 Å². The number of furan rings is 1. The monoisotopic (exact) mass is 629 g/mol. The van der Waals surface area contributed by atoms with E-state index in [2.05, 4.69) is 61.3 Å². The van der Waals surface area contributed by atoms with Crippen molar-refractivity contribution < 1.29 is 34.4 Å². The Morgan fingerprint density at radius 1 is 0.941 bits per heavy atom. The van der Waals surface area contributed by atoms with Crippen molar-refractivity contribution in [1.82, 2.24) is 4.98 Å². The van der Waals surface area contributed by atoms with E-state index >= 15 is 0 Å². The van der Waals surface area contributed by atoms with Crippen LogP contribution < -0.4 is 0 Å². The van der Waals surface area contributed by atoms with Gasteiger partial charge >= 0.3 is 0 Å². The number of aryl methyl sites for hydroxylation is 3. The predicted molar refractivity (Wildman–Crippen MR) is 135 cm³/mol. The van der Waals surface area contributed by atoms with Crippen LogP contribution in [0.3, 0.4) is 0 Å². The number of carbonyl (C=O) groups excluding carboxylic acids is 1. The van der Waals surface area contributed by atoms with Crippen LogP contribution in [-0.4, -0.2) is 15.9 Å². The minimum Gasteiger partial charge on any atom is -0.512 e. The largest absolute Gasteiger partial charge is 0.512 e. The fourth-order valence-electron chi connectivity index (χ4n) is 4.21. The summed E-state index contributed by atoms with van der Waals surface area (Å²) in [7, 11) is 0. The average molecular weight is 629 g/mol. The SMILES string of the molecule is CC(=O)/C=C(/C)O.Cc1cc2c(-c3[c-]cc4c(c3)c(C)c(C)c3ccccc34)nccc2o1.[Ir]. The van der Waals surface area contributed by atoms with Crippen LogP contribution >= 0.6 is 0 Å². The summed E-state index contributed by atoms with van der Waals surface area (Å²) in [6.45, 7) is 9.21. The Hall–Kier alpha value is -3.27. The second-order valence-corrected chi connectivity index (χ2v) is 8.29.